The van der Waals surface area contributed by atoms with Crippen LogP contribution in [0.5, 0.6) is 11.5 Å². The van der Waals surface area contributed by atoms with Gasteiger partial charge >= 0.3 is 18.0 Å². The average Bonchev–Trinajstić information content (AvgIpc) is 3.35. The second-order valence-electron chi connectivity index (χ2n) is 17.3. The van der Waals surface area contributed by atoms with Crippen molar-refractivity contribution in [3.63, 3.8) is 0 Å². The molecule has 1 saturated heterocycles. The number of aryl methyl sites for hydroxylation is 1. The first-order chi connectivity index (χ1) is 33.2. The van der Waals surface area contributed by atoms with Gasteiger partial charge < -0.3 is 45.0 Å². The lowest BCUT2D eigenvalue weighted by Gasteiger charge is -2.35. The molecular weight excluding hydrogens is 881 g/mol. The Hall–Kier alpha value is -7.52. The van der Waals surface area contributed by atoms with Crippen LogP contribution in [-0.4, -0.2) is 85.3 Å². The van der Waals surface area contributed by atoms with E-state index in [-0.39, 0.29) is 37.0 Å². The van der Waals surface area contributed by atoms with Crippen molar-refractivity contribution in [3.8, 4) is 11.5 Å². The number of carbonyl (C=O) groups excluding carboxylic acids is 6. The van der Waals surface area contributed by atoms with Crippen LogP contribution >= 0.6 is 0 Å². The third-order valence-corrected chi connectivity index (χ3v) is 11.7. The van der Waals surface area contributed by atoms with Gasteiger partial charge in [0.15, 0.2) is 6.61 Å². The number of hydrogen-bond donors (Lipinski definition) is 3. The van der Waals surface area contributed by atoms with E-state index in [0.717, 1.165) is 22.3 Å². The van der Waals surface area contributed by atoms with Crippen molar-refractivity contribution in [2.24, 2.45) is 17.6 Å². The first-order valence-corrected chi connectivity index (χ1v) is 23.1. The number of benzene rings is 5. The number of piperidine rings is 1. The van der Waals surface area contributed by atoms with Crippen molar-refractivity contribution < 1.29 is 52.5 Å². The number of nitrogens with one attached hydrogen (secondary N) is 2. The zero-order valence-electron chi connectivity index (χ0n) is 39.3. The summed E-state index contributed by atoms with van der Waals surface area (Å²) in [6.07, 6.45) is -0.991. The SMILES string of the molecule is Cc1ccccc1OCC(=O)NC(CC(C)C)C(=O)NC(Cc1ccc(OC(=O)N2CCC(C(N)=O)CC2)cc1)C(=O)OC(C)OC(=O)COC(c1ccccc1)(c1ccccc1)c1ccccc1. The Bertz CT molecular complexity index is 2400. The second-order valence-corrected chi connectivity index (χ2v) is 17.3. The summed E-state index contributed by atoms with van der Waals surface area (Å²) in [7, 11) is 0. The summed E-state index contributed by atoms with van der Waals surface area (Å²) >= 11 is 0. The molecule has 15 nitrogen and oxygen atoms in total. The van der Waals surface area contributed by atoms with Crippen LogP contribution in [0.15, 0.2) is 140 Å². The first-order valence-electron chi connectivity index (χ1n) is 23.1. The van der Waals surface area contributed by atoms with Crippen LogP contribution in [0.3, 0.4) is 0 Å². The summed E-state index contributed by atoms with van der Waals surface area (Å²) in [5, 5.41) is 5.51. The van der Waals surface area contributed by atoms with Gasteiger partial charge in [-0.3, -0.25) is 14.4 Å². The van der Waals surface area contributed by atoms with Gasteiger partial charge in [0.05, 0.1) is 0 Å². The summed E-state index contributed by atoms with van der Waals surface area (Å²) in [5.41, 5.74) is 7.92. The van der Waals surface area contributed by atoms with Gasteiger partial charge in [-0.1, -0.05) is 135 Å². The number of esters is 2. The molecule has 5 aromatic rings. The molecule has 4 N–H and O–H groups in total. The van der Waals surface area contributed by atoms with Crippen LogP contribution in [0.4, 0.5) is 4.79 Å². The number of amides is 4. The summed E-state index contributed by atoms with van der Waals surface area (Å²) in [6.45, 7) is 6.77. The molecule has 0 aliphatic carbocycles. The van der Waals surface area contributed by atoms with Gasteiger partial charge in [0.25, 0.3) is 5.91 Å². The van der Waals surface area contributed by atoms with Crippen molar-refractivity contribution in [2.45, 2.75) is 77.4 Å². The number of para-hydroxylation sites is 1. The van der Waals surface area contributed by atoms with E-state index in [0.29, 0.717) is 37.2 Å². The predicted molar refractivity (Wildman–Crippen MR) is 256 cm³/mol. The number of carbonyl (C=O) groups is 6. The van der Waals surface area contributed by atoms with Crippen LogP contribution in [0.25, 0.3) is 0 Å². The number of ether oxygens (including phenoxy) is 5. The Morgan fingerprint density at radius 2 is 1.23 bits per heavy atom. The molecule has 1 fully saturated rings. The number of hydrogen-bond acceptors (Lipinski definition) is 11. The Morgan fingerprint density at radius 3 is 1.77 bits per heavy atom. The Balaban J connectivity index is 1.16. The highest BCUT2D eigenvalue weighted by Gasteiger charge is 2.39. The van der Waals surface area contributed by atoms with Gasteiger partial charge in [-0.05, 0) is 78.1 Å². The molecule has 1 aliphatic rings. The average molecular weight is 941 g/mol. The van der Waals surface area contributed by atoms with Gasteiger partial charge in [0.1, 0.15) is 35.8 Å². The van der Waals surface area contributed by atoms with Gasteiger partial charge in [0.2, 0.25) is 18.1 Å². The minimum Gasteiger partial charge on any atom is -0.484 e. The minimum absolute atomic E-state index is 0.0421. The molecule has 15 heteroatoms. The van der Waals surface area contributed by atoms with Crippen LogP contribution in [0, 0.1) is 18.8 Å². The lowest BCUT2D eigenvalue weighted by atomic mass is 9.80. The predicted octanol–water partition coefficient (Wildman–Crippen LogP) is 6.77. The lowest BCUT2D eigenvalue weighted by molar-refractivity contribution is -0.191. The number of primary amides is 1. The molecule has 0 spiro atoms. The van der Waals surface area contributed by atoms with E-state index in [2.05, 4.69) is 10.6 Å². The molecular formula is C54H60N4O11. The van der Waals surface area contributed by atoms with Crippen molar-refractivity contribution in [1.29, 1.82) is 0 Å². The molecule has 362 valence electrons. The molecule has 0 bridgehead atoms. The standard InChI is InChI=1S/C54H60N4O11/c1-36(2)32-45(56-48(59)34-65-47-23-15-14-16-37(47)3)51(62)57-46(33-39-24-26-44(27-25-39)69-53(64)58-30-28-40(29-31-58)50(55)61)52(63)68-38(4)67-49(60)35-66-54(41-17-8-5-9-18-41,42-19-10-6-11-20-42)43-21-12-7-13-22-43/h5-27,36,38,40,45-46H,28-35H2,1-4H3,(H2,55,61)(H,56,59)(H,57,62). The normalized spacial score (nSPS) is 14.1. The summed E-state index contributed by atoms with van der Waals surface area (Å²) in [5.74, 6) is -2.92. The number of nitrogens with zero attached hydrogens (tertiary/aromatic N) is 1. The molecule has 69 heavy (non-hydrogen) atoms. The largest absolute Gasteiger partial charge is 0.484 e. The molecule has 6 rings (SSSR count). The Morgan fingerprint density at radius 1 is 0.681 bits per heavy atom. The first kappa shape index (κ1) is 50.9. The number of nitrogens with two attached hydrogens (primary N) is 1. The second kappa shape index (κ2) is 24.5. The van der Waals surface area contributed by atoms with E-state index < -0.39 is 66.3 Å². The van der Waals surface area contributed by atoms with E-state index in [9.17, 15) is 28.8 Å². The Kier molecular flexibility index (Phi) is 18.1. The summed E-state index contributed by atoms with van der Waals surface area (Å²) in [4.78, 5) is 80.9. The molecule has 0 aromatic heterocycles. The number of likely N-dealkylation sites (tertiary alicyclic amines) is 1. The number of rotatable bonds is 21. The van der Waals surface area contributed by atoms with Crippen LogP contribution in [0.2, 0.25) is 0 Å². The van der Waals surface area contributed by atoms with Crippen molar-refractivity contribution in [3.05, 3.63) is 167 Å². The van der Waals surface area contributed by atoms with E-state index in [4.69, 9.17) is 29.4 Å². The Labute approximate surface area is 402 Å². The highest BCUT2D eigenvalue weighted by Crippen LogP contribution is 2.40. The third kappa shape index (κ3) is 14.2. The van der Waals surface area contributed by atoms with Gasteiger partial charge in [-0.15, -0.1) is 0 Å². The van der Waals surface area contributed by atoms with Gasteiger partial charge in [-0.25, -0.2) is 14.4 Å². The van der Waals surface area contributed by atoms with Gasteiger partial charge in [0, 0.05) is 32.4 Å². The minimum atomic E-state index is -1.42. The maximum Gasteiger partial charge on any atom is 0.415 e. The van der Waals surface area contributed by atoms with Crippen molar-refractivity contribution in [2.75, 3.05) is 26.3 Å². The summed E-state index contributed by atoms with van der Waals surface area (Å²) in [6, 6.07) is 39.7. The van der Waals surface area contributed by atoms with Crippen LogP contribution in [0.1, 0.15) is 67.9 Å². The van der Waals surface area contributed by atoms with E-state index in [1.165, 1.54) is 11.8 Å². The monoisotopic (exact) mass is 940 g/mol. The smallest absolute Gasteiger partial charge is 0.415 e. The molecule has 4 amide bonds. The zero-order valence-corrected chi connectivity index (χ0v) is 39.3. The highest BCUT2D eigenvalue weighted by atomic mass is 16.7. The van der Waals surface area contributed by atoms with Crippen LogP contribution < -0.4 is 25.8 Å². The maximum absolute atomic E-state index is 14.1. The fourth-order valence-corrected chi connectivity index (χ4v) is 8.13. The molecule has 3 atom stereocenters. The lowest BCUT2D eigenvalue weighted by Crippen LogP contribution is -2.54. The molecule has 0 radical (unpaired) electrons. The third-order valence-electron chi connectivity index (χ3n) is 11.7. The fraction of sp³-hybridized carbons (Fsp3) is 0.333. The zero-order chi connectivity index (χ0) is 49.3. The van der Waals surface area contributed by atoms with E-state index in [1.807, 2.05) is 124 Å². The maximum atomic E-state index is 14.1. The van der Waals surface area contributed by atoms with Gasteiger partial charge in [-0.2, -0.15) is 0 Å². The molecule has 3 unspecified atom stereocenters. The highest BCUT2D eigenvalue weighted by molar-refractivity contribution is 5.91. The van der Waals surface area contributed by atoms with Crippen molar-refractivity contribution in [1.82, 2.24) is 15.5 Å². The van der Waals surface area contributed by atoms with Crippen LogP contribution in [-0.2, 0) is 50.2 Å². The molecule has 1 heterocycles. The molecule has 5 aromatic carbocycles. The van der Waals surface area contributed by atoms with Crippen molar-refractivity contribution >= 4 is 35.8 Å². The fourth-order valence-electron chi connectivity index (χ4n) is 8.13. The van der Waals surface area contributed by atoms with E-state index >= 15 is 0 Å². The summed E-state index contributed by atoms with van der Waals surface area (Å²) < 4.78 is 29.2. The molecule has 0 saturated carbocycles. The van der Waals surface area contributed by atoms with E-state index in [1.54, 1.807) is 36.4 Å². The topological polar surface area (TPSA) is 202 Å². The quantitative estimate of drug-likeness (QED) is 0.0398. The molecule has 1 aliphatic heterocycles.